The number of carbonyl (C=O) groups is 2. The molecule has 2 amide bonds. The molecule has 6 nitrogen and oxygen atoms in total. The summed E-state index contributed by atoms with van der Waals surface area (Å²) in [5, 5.41) is 6.12. The molecular weight excluding hydrogens is 314 g/mol. The number of hydrogen-bond donors (Lipinski definition) is 2. The summed E-state index contributed by atoms with van der Waals surface area (Å²) < 4.78 is 5.53. The molecule has 2 heterocycles. The molecule has 23 heavy (non-hydrogen) atoms. The summed E-state index contributed by atoms with van der Waals surface area (Å²) in [5.74, 6) is 0.946. The molecule has 0 saturated heterocycles. The third-order valence-electron chi connectivity index (χ3n) is 3.24. The topological polar surface area (TPSA) is 84.2 Å². The highest BCUT2D eigenvalue weighted by atomic mass is 32.1. The number of nitrogens with zero attached hydrogens (tertiary/aromatic N) is 1. The third kappa shape index (κ3) is 4.19. The van der Waals surface area contributed by atoms with Gasteiger partial charge in [-0.15, -0.1) is 11.3 Å². The van der Waals surface area contributed by atoms with Crippen molar-refractivity contribution < 1.29 is 14.0 Å². The van der Waals surface area contributed by atoms with Gasteiger partial charge in [0.2, 0.25) is 5.91 Å². The number of amides is 2. The van der Waals surface area contributed by atoms with Crippen LogP contribution in [-0.4, -0.2) is 29.4 Å². The van der Waals surface area contributed by atoms with Crippen LogP contribution < -0.4 is 10.6 Å². The minimum Gasteiger partial charge on any atom is -0.459 e. The lowest BCUT2D eigenvalue weighted by molar-refractivity contribution is -0.122. The number of carbonyl (C=O) groups excluding carboxylic acids is 2. The van der Waals surface area contributed by atoms with E-state index in [-0.39, 0.29) is 11.8 Å². The van der Waals surface area contributed by atoms with Crippen LogP contribution in [0.25, 0.3) is 10.8 Å². The van der Waals surface area contributed by atoms with Crippen molar-refractivity contribution in [2.45, 2.75) is 40.2 Å². The van der Waals surface area contributed by atoms with Crippen molar-refractivity contribution in [3.05, 3.63) is 28.5 Å². The monoisotopic (exact) mass is 335 g/mol. The van der Waals surface area contributed by atoms with Crippen LogP contribution >= 0.6 is 11.3 Å². The van der Waals surface area contributed by atoms with E-state index in [1.807, 2.05) is 26.0 Å². The Morgan fingerprint density at radius 3 is 2.70 bits per heavy atom. The molecule has 2 rings (SSSR count). The Morgan fingerprint density at radius 2 is 2.09 bits per heavy atom. The van der Waals surface area contributed by atoms with Gasteiger partial charge in [0.15, 0.2) is 10.8 Å². The molecule has 0 aliphatic carbocycles. The number of hydrogen-bond acceptors (Lipinski definition) is 5. The van der Waals surface area contributed by atoms with Gasteiger partial charge in [0, 0.05) is 6.54 Å². The Hall–Kier alpha value is -2.15. The molecule has 0 saturated carbocycles. The fraction of sp³-hybridized carbons (Fsp3) is 0.438. The Balaban J connectivity index is 2.08. The highest BCUT2D eigenvalue weighted by molar-refractivity contribution is 7.17. The van der Waals surface area contributed by atoms with E-state index in [0.29, 0.717) is 27.9 Å². The summed E-state index contributed by atoms with van der Waals surface area (Å²) in [7, 11) is 0. The normalized spacial score (nSPS) is 12.0. The van der Waals surface area contributed by atoms with Gasteiger partial charge in [0.05, 0.1) is 5.69 Å². The van der Waals surface area contributed by atoms with Gasteiger partial charge in [-0.1, -0.05) is 6.92 Å². The summed E-state index contributed by atoms with van der Waals surface area (Å²) in [6.07, 6.45) is 0.853. The molecule has 1 atom stereocenters. The van der Waals surface area contributed by atoms with Gasteiger partial charge in [-0.25, -0.2) is 4.98 Å². The van der Waals surface area contributed by atoms with E-state index in [9.17, 15) is 9.59 Å². The standard InChI is InChI=1S/C16H21N3O3S/c1-5-8-17-14(20)11(4)18-15(21)13-10(3)19-16(23-13)12-7-6-9(2)22-12/h6-7,11H,5,8H2,1-4H3,(H,17,20)(H,18,21). The number of nitrogens with one attached hydrogen (secondary N) is 2. The van der Waals surface area contributed by atoms with E-state index in [0.717, 1.165) is 12.2 Å². The maximum atomic E-state index is 12.4. The molecule has 0 aliphatic rings. The van der Waals surface area contributed by atoms with Gasteiger partial charge in [-0.2, -0.15) is 0 Å². The first-order valence-corrected chi connectivity index (χ1v) is 8.36. The Kier molecular flexibility index (Phi) is 5.54. The smallest absolute Gasteiger partial charge is 0.263 e. The van der Waals surface area contributed by atoms with Crippen LogP contribution in [0, 0.1) is 13.8 Å². The van der Waals surface area contributed by atoms with E-state index in [1.54, 1.807) is 13.8 Å². The first-order valence-electron chi connectivity index (χ1n) is 7.55. The van der Waals surface area contributed by atoms with Crippen LogP contribution in [-0.2, 0) is 4.79 Å². The molecule has 0 spiro atoms. The number of aromatic nitrogens is 1. The number of thiazole rings is 1. The number of rotatable bonds is 6. The summed E-state index contributed by atoms with van der Waals surface area (Å²) in [6, 6.07) is 3.09. The fourth-order valence-electron chi connectivity index (χ4n) is 1.99. The average molecular weight is 335 g/mol. The second-order valence-electron chi connectivity index (χ2n) is 5.33. The van der Waals surface area contributed by atoms with E-state index in [1.165, 1.54) is 11.3 Å². The van der Waals surface area contributed by atoms with Crippen molar-refractivity contribution in [1.82, 2.24) is 15.6 Å². The van der Waals surface area contributed by atoms with Crippen molar-refractivity contribution in [2.24, 2.45) is 0 Å². The summed E-state index contributed by atoms with van der Waals surface area (Å²) in [5.41, 5.74) is 0.623. The van der Waals surface area contributed by atoms with Crippen molar-refractivity contribution in [1.29, 1.82) is 0 Å². The highest BCUT2D eigenvalue weighted by Gasteiger charge is 2.21. The van der Waals surface area contributed by atoms with Crippen molar-refractivity contribution >= 4 is 23.2 Å². The molecule has 0 fully saturated rings. The zero-order valence-electron chi connectivity index (χ0n) is 13.7. The lowest BCUT2D eigenvalue weighted by Crippen LogP contribution is -2.44. The van der Waals surface area contributed by atoms with E-state index < -0.39 is 6.04 Å². The van der Waals surface area contributed by atoms with Crippen LogP contribution in [0.15, 0.2) is 16.5 Å². The minimum absolute atomic E-state index is 0.191. The third-order valence-corrected chi connectivity index (χ3v) is 4.41. The molecule has 2 aromatic rings. The van der Waals surface area contributed by atoms with Crippen LogP contribution in [0.1, 0.15) is 41.4 Å². The van der Waals surface area contributed by atoms with Gasteiger partial charge in [0.1, 0.15) is 16.7 Å². The van der Waals surface area contributed by atoms with Gasteiger partial charge < -0.3 is 15.1 Å². The largest absolute Gasteiger partial charge is 0.459 e. The molecule has 0 aromatic carbocycles. The van der Waals surface area contributed by atoms with Crippen LogP contribution in [0.4, 0.5) is 0 Å². The number of aryl methyl sites for hydroxylation is 2. The maximum Gasteiger partial charge on any atom is 0.263 e. The molecule has 0 aliphatic heterocycles. The van der Waals surface area contributed by atoms with E-state index in [4.69, 9.17) is 4.42 Å². The zero-order valence-corrected chi connectivity index (χ0v) is 14.5. The Bertz CT molecular complexity index is 705. The molecule has 124 valence electrons. The summed E-state index contributed by atoms with van der Waals surface area (Å²) in [4.78, 5) is 29.1. The summed E-state index contributed by atoms with van der Waals surface area (Å²) in [6.45, 7) is 7.86. The van der Waals surface area contributed by atoms with Crippen LogP contribution in [0.5, 0.6) is 0 Å². The lowest BCUT2D eigenvalue weighted by atomic mass is 10.3. The van der Waals surface area contributed by atoms with Gasteiger partial charge >= 0.3 is 0 Å². The molecular formula is C16H21N3O3S. The molecule has 2 aromatic heterocycles. The molecule has 2 N–H and O–H groups in total. The Labute approximate surface area is 139 Å². The Morgan fingerprint density at radius 1 is 1.35 bits per heavy atom. The maximum absolute atomic E-state index is 12.4. The van der Waals surface area contributed by atoms with Crippen molar-refractivity contribution in [2.75, 3.05) is 6.54 Å². The second kappa shape index (κ2) is 7.41. The fourth-order valence-corrected chi connectivity index (χ4v) is 2.92. The lowest BCUT2D eigenvalue weighted by Gasteiger charge is -2.13. The molecule has 0 radical (unpaired) electrons. The predicted octanol–water partition coefficient (Wildman–Crippen LogP) is 2.66. The SMILES string of the molecule is CCCNC(=O)C(C)NC(=O)c1sc(-c2ccc(C)o2)nc1C. The second-order valence-corrected chi connectivity index (χ2v) is 6.33. The first kappa shape index (κ1) is 17.2. The molecule has 7 heteroatoms. The van der Waals surface area contributed by atoms with E-state index >= 15 is 0 Å². The average Bonchev–Trinajstić information content (AvgIpc) is 3.10. The number of furan rings is 1. The molecule has 1 unspecified atom stereocenters. The minimum atomic E-state index is -0.593. The predicted molar refractivity (Wildman–Crippen MR) is 89.5 cm³/mol. The first-order chi connectivity index (χ1) is 10.9. The van der Waals surface area contributed by atoms with Crippen molar-refractivity contribution in [3.8, 4) is 10.8 Å². The molecule has 0 bridgehead atoms. The van der Waals surface area contributed by atoms with Crippen LogP contribution in [0.3, 0.4) is 0 Å². The highest BCUT2D eigenvalue weighted by Crippen LogP contribution is 2.29. The van der Waals surface area contributed by atoms with E-state index in [2.05, 4.69) is 15.6 Å². The van der Waals surface area contributed by atoms with Gasteiger partial charge in [-0.3, -0.25) is 9.59 Å². The summed E-state index contributed by atoms with van der Waals surface area (Å²) >= 11 is 1.26. The zero-order chi connectivity index (χ0) is 17.0. The quantitative estimate of drug-likeness (QED) is 0.850. The van der Waals surface area contributed by atoms with Gasteiger partial charge in [0.25, 0.3) is 5.91 Å². The van der Waals surface area contributed by atoms with Crippen LogP contribution in [0.2, 0.25) is 0 Å². The van der Waals surface area contributed by atoms with Gasteiger partial charge in [-0.05, 0) is 39.3 Å². The van der Waals surface area contributed by atoms with Crippen molar-refractivity contribution in [3.63, 3.8) is 0 Å².